The molecule has 0 atom stereocenters. The van der Waals surface area contributed by atoms with Gasteiger partial charge in [0.2, 0.25) is 0 Å². The minimum atomic E-state index is -0.642. The SMILES string of the molecule is O=C1NC(=S)N(c2ccc(Oc3ccccc3)cc2)C(=O)C1=Cc1cc(Cc2ccccc2Cl)ccc1O. The number of carbonyl (C=O) groups is 2. The molecule has 5 rings (SSSR count). The van der Waals surface area contributed by atoms with Crippen molar-refractivity contribution >= 4 is 52.5 Å². The maximum absolute atomic E-state index is 13.4. The topological polar surface area (TPSA) is 78.9 Å². The standard InChI is InChI=1S/C30H21ClN2O4S/c31-26-9-5-4-6-20(26)16-19-10-15-27(34)21(17-19)18-25-28(35)32-30(38)33(29(25)36)22-11-13-24(14-12-22)37-23-7-2-1-3-8-23/h1-15,17-18,34H,16H2,(H,32,35,38). The molecule has 1 saturated heterocycles. The predicted octanol–water partition coefficient (Wildman–Crippen LogP) is 6.26. The molecule has 6 nitrogen and oxygen atoms in total. The van der Waals surface area contributed by atoms with E-state index in [0.717, 1.165) is 11.1 Å². The summed E-state index contributed by atoms with van der Waals surface area (Å²) in [4.78, 5) is 27.4. The van der Waals surface area contributed by atoms with Gasteiger partial charge in [0.1, 0.15) is 22.8 Å². The van der Waals surface area contributed by atoms with Crippen molar-refractivity contribution in [1.29, 1.82) is 0 Å². The first-order chi connectivity index (χ1) is 18.4. The van der Waals surface area contributed by atoms with Gasteiger partial charge in [0, 0.05) is 10.6 Å². The number of halogens is 1. The van der Waals surface area contributed by atoms with E-state index in [2.05, 4.69) is 5.32 Å². The molecular weight excluding hydrogens is 520 g/mol. The number of carbonyl (C=O) groups excluding carboxylic acids is 2. The van der Waals surface area contributed by atoms with Crippen LogP contribution >= 0.6 is 23.8 Å². The van der Waals surface area contributed by atoms with Gasteiger partial charge in [-0.05, 0) is 90.4 Å². The summed E-state index contributed by atoms with van der Waals surface area (Å²) in [5, 5.41) is 13.6. The van der Waals surface area contributed by atoms with Crippen molar-refractivity contribution in [2.45, 2.75) is 6.42 Å². The number of benzene rings is 4. The van der Waals surface area contributed by atoms with E-state index in [1.807, 2.05) is 54.6 Å². The van der Waals surface area contributed by atoms with Gasteiger partial charge in [-0.3, -0.25) is 19.8 Å². The largest absolute Gasteiger partial charge is 0.507 e. The second kappa shape index (κ2) is 10.9. The molecule has 4 aromatic rings. The summed E-state index contributed by atoms with van der Waals surface area (Å²) >= 11 is 11.6. The van der Waals surface area contributed by atoms with Crippen LogP contribution in [-0.4, -0.2) is 22.0 Å². The quantitative estimate of drug-likeness (QED) is 0.171. The van der Waals surface area contributed by atoms with E-state index in [0.29, 0.717) is 34.2 Å². The van der Waals surface area contributed by atoms with Gasteiger partial charge in [-0.2, -0.15) is 0 Å². The van der Waals surface area contributed by atoms with Crippen molar-refractivity contribution < 1.29 is 19.4 Å². The average molecular weight is 541 g/mol. The summed E-state index contributed by atoms with van der Waals surface area (Å²) in [5.41, 5.74) is 2.40. The van der Waals surface area contributed by atoms with E-state index in [1.165, 1.54) is 17.0 Å². The molecular formula is C30H21ClN2O4S. The first-order valence-corrected chi connectivity index (χ1v) is 12.5. The van der Waals surface area contributed by atoms with Crippen molar-refractivity contribution in [1.82, 2.24) is 5.32 Å². The normalized spacial score (nSPS) is 14.5. The highest BCUT2D eigenvalue weighted by atomic mass is 35.5. The van der Waals surface area contributed by atoms with Crippen LogP contribution in [0.5, 0.6) is 17.2 Å². The fraction of sp³-hybridized carbons (Fsp3) is 0.0333. The lowest BCUT2D eigenvalue weighted by atomic mass is 10.00. The fourth-order valence-corrected chi connectivity index (χ4v) is 4.51. The van der Waals surface area contributed by atoms with Gasteiger partial charge in [-0.1, -0.05) is 54.1 Å². The molecule has 0 bridgehead atoms. The Bertz CT molecular complexity index is 1570. The van der Waals surface area contributed by atoms with Crippen LogP contribution < -0.4 is 15.0 Å². The number of phenols is 1. The maximum Gasteiger partial charge on any atom is 0.270 e. The molecule has 8 heteroatoms. The van der Waals surface area contributed by atoms with Crippen molar-refractivity contribution in [3.63, 3.8) is 0 Å². The lowest BCUT2D eigenvalue weighted by Gasteiger charge is -2.29. The summed E-state index contributed by atoms with van der Waals surface area (Å²) < 4.78 is 5.81. The van der Waals surface area contributed by atoms with Crippen LogP contribution in [-0.2, 0) is 16.0 Å². The van der Waals surface area contributed by atoms with E-state index in [-0.39, 0.29) is 16.4 Å². The third kappa shape index (κ3) is 5.44. The van der Waals surface area contributed by atoms with Gasteiger partial charge < -0.3 is 9.84 Å². The summed E-state index contributed by atoms with van der Waals surface area (Å²) in [5.74, 6) is -0.0556. The van der Waals surface area contributed by atoms with E-state index in [1.54, 1.807) is 36.4 Å². The number of amides is 2. The van der Waals surface area contributed by atoms with Gasteiger partial charge in [0.25, 0.3) is 11.8 Å². The molecule has 2 N–H and O–H groups in total. The Morgan fingerprint density at radius 3 is 2.32 bits per heavy atom. The minimum absolute atomic E-state index is 0.0365. The zero-order valence-electron chi connectivity index (χ0n) is 19.9. The van der Waals surface area contributed by atoms with Gasteiger partial charge in [-0.25, -0.2) is 0 Å². The minimum Gasteiger partial charge on any atom is -0.507 e. The van der Waals surface area contributed by atoms with Crippen molar-refractivity contribution in [3.05, 3.63) is 124 Å². The number of hydrogen-bond acceptors (Lipinski definition) is 5. The molecule has 1 aliphatic rings. The Labute approximate surface area is 229 Å². The van der Waals surface area contributed by atoms with E-state index >= 15 is 0 Å². The van der Waals surface area contributed by atoms with Crippen molar-refractivity contribution in [2.24, 2.45) is 0 Å². The smallest absolute Gasteiger partial charge is 0.270 e. The first kappa shape index (κ1) is 25.2. The third-order valence-corrected chi connectivity index (χ3v) is 6.57. The molecule has 4 aromatic carbocycles. The molecule has 0 unspecified atom stereocenters. The summed E-state index contributed by atoms with van der Waals surface area (Å²) in [6.45, 7) is 0. The zero-order valence-corrected chi connectivity index (χ0v) is 21.5. The Hall–Kier alpha value is -4.46. The average Bonchev–Trinajstić information content (AvgIpc) is 2.91. The summed E-state index contributed by atoms with van der Waals surface area (Å²) in [6, 6.07) is 28.6. The molecule has 2 amide bonds. The molecule has 38 heavy (non-hydrogen) atoms. The molecule has 1 aliphatic heterocycles. The number of aromatic hydroxyl groups is 1. The molecule has 1 fully saturated rings. The fourth-order valence-electron chi connectivity index (χ4n) is 4.03. The second-order valence-electron chi connectivity index (χ2n) is 8.53. The highest BCUT2D eigenvalue weighted by Crippen LogP contribution is 2.29. The first-order valence-electron chi connectivity index (χ1n) is 11.7. The van der Waals surface area contributed by atoms with Crippen molar-refractivity contribution in [2.75, 3.05) is 4.90 Å². The number of ether oxygens (including phenoxy) is 1. The molecule has 0 aromatic heterocycles. The number of phenolic OH excluding ortho intramolecular Hbond substituents is 1. The lowest BCUT2D eigenvalue weighted by molar-refractivity contribution is -0.122. The second-order valence-corrected chi connectivity index (χ2v) is 9.32. The molecule has 0 aliphatic carbocycles. The van der Waals surface area contributed by atoms with Crippen LogP contribution in [0.3, 0.4) is 0 Å². The van der Waals surface area contributed by atoms with Crippen LogP contribution in [0.1, 0.15) is 16.7 Å². The number of nitrogens with one attached hydrogen (secondary N) is 1. The summed E-state index contributed by atoms with van der Waals surface area (Å²) in [6.07, 6.45) is 1.88. The van der Waals surface area contributed by atoms with Crippen LogP contribution in [0, 0.1) is 0 Å². The van der Waals surface area contributed by atoms with Gasteiger partial charge >= 0.3 is 0 Å². The third-order valence-electron chi connectivity index (χ3n) is 5.92. The van der Waals surface area contributed by atoms with Crippen molar-refractivity contribution in [3.8, 4) is 17.2 Å². The highest BCUT2D eigenvalue weighted by Gasteiger charge is 2.34. The predicted molar refractivity (Wildman–Crippen MR) is 152 cm³/mol. The number of para-hydroxylation sites is 1. The monoisotopic (exact) mass is 540 g/mol. The van der Waals surface area contributed by atoms with Crippen LogP contribution in [0.25, 0.3) is 6.08 Å². The number of thiocarbonyl (C=S) groups is 1. The molecule has 0 saturated carbocycles. The molecule has 0 radical (unpaired) electrons. The number of anilines is 1. The van der Waals surface area contributed by atoms with Crippen LogP contribution in [0.4, 0.5) is 5.69 Å². The van der Waals surface area contributed by atoms with E-state index in [4.69, 9.17) is 28.6 Å². The summed E-state index contributed by atoms with van der Waals surface area (Å²) in [7, 11) is 0. The zero-order chi connectivity index (χ0) is 26.6. The Balaban J connectivity index is 1.41. The van der Waals surface area contributed by atoms with Gasteiger partial charge in [-0.15, -0.1) is 0 Å². The Morgan fingerprint density at radius 1 is 0.895 bits per heavy atom. The lowest BCUT2D eigenvalue weighted by Crippen LogP contribution is -2.54. The number of hydrogen-bond donors (Lipinski definition) is 2. The maximum atomic E-state index is 13.4. The number of rotatable bonds is 6. The Morgan fingerprint density at radius 2 is 1.58 bits per heavy atom. The van der Waals surface area contributed by atoms with Gasteiger partial charge in [0.05, 0.1) is 5.69 Å². The van der Waals surface area contributed by atoms with Crippen LogP contribution in [0.15, 0.2) is 103 Å². The molecule has 0 spiro atoms. The van der Waals surface area contributed by atoms with E-state index < -0.39 is 11.8 Å². The highest BCUT2D eigenvalue weighted by molar-refractivity contribution is 7.80. The molecule has 1 heterocycles. The number of nitrogens with zero attached hydrogens (tertiary/aromatic N) is 1. The van der Waals surface area contributed by atoms with Crippen LogP contribution in [0.2, 0.25) is 5.02 Å². The molecule has 188 valence electrons. The Kier molecular flexibility index (Phi) is 7.22. The van der Waals surface area contributed by atoms with E-state index in [9.17, 15) is 14.7 Å². The van der Waals surface area contributed by atoms with Gasteiger partial charge in [0.15, 0.2) is 5.11 Å².